The number of ether oxygens (including phenoxy) is 3. The summed E-state index contributed by atoms with van der Waals surface area (Å²) in [5.74, 6) is 1.18. The molecule has 0 aliphatic heterocycles. The van der Waals surface area contributed by atoms with Crippen molar-refractivity contribution < 1.29 is 19.0 Å². The molecule has 1 aromatic carbocycles. The number of methoxy groups -OCH3 is 2. The predicted octanol–water partition coefficient (Wildman–Crippen LogP) is 1.87. The molecule has 1 aromatic rings. The first-order valence-electron chi connectivity index (χ1n) is 7.83. The molecule has 0 fully saturated rings. The molecule has 0 aromatic heterocycles. The maximum absolute atomic E-state index is 11.1. The first-order valence-corrected chi connectivity index (χ1v) is 7.83. The molecule has 0 unspecified atom stereocenters. The molecule has 0 amide bonds. The zero-order chi connectivity index (χ0) is 17.8. The third-order valence-corrected chi connectivity index (χ3v) is 3.29. The lowest BCUT2D eigenvalue weighted by atomic mass is 10.1. The molecule has 8 heteroatoms. The van der Waals surface area contributed by atoms with E-state index in [9.17, 15) is 4.79 Å². The Morgan fingerprint density at radius 1 is 1.20 bits per heavy atom. The number of halogens is 1. The molecular formula is C17H28IN3O4. The summed E-state index contributed by atoms with van der Waals surface area (Å²) in [6.45, 7) is 4.07. The molecule has 0 aliphatic carbocycles. The van der Waals surface area contributed by atoms with Crippen LogP contribution in [-0.4, -0.2) is 53.0 Å². The molecular weight excluding hydrogens is 437 g/mol. The molecule has 7 nitrogen and oxygen atoms in total. The van der Waals surface area contributed by atoms with Crippen LogP contribution in [0.5, 0.6) is 5.75 Å². The molecule has 0 radical (unpaired) electrons. The molecule has 0 aliphatic rings. The van der Waals surface area contributed by atoms with Gasteiger partial charge < -0.3 is 24.8 Å². The van der Waals surface area contributed by atoms with Gasteiger partial charge in [-0.05, 0) is 18.6 Å². The summed E-state index contributed by atoms with van der Waals surface area (Å²) < 4.78 is 15.4. The van der Waals surface area contributed by atoms with E-state index in [-0.39, 0.29) is 36.4 Å². The summed E-state index contributed by atoms with van der Waals surface area (Å²) in [7, 11) is 4.70. The molecule has 0 saturated heterocycles. The highest BCUT2D eigenvalue weighted by molar-refractivity contribution is 14.0. The quantitative estimate of drug-likeness (QED) is 0.191. The summed E-state index contributed by atoms with van der Waals surface area (Å²) >= 11 is 0. The second-order valence-corrected chi connectivity index (χ2v) is 5.13. The maximum Gasteiger partial charge on any atom is 0.307 e. The highest BCUT2D eigenvalue weighted by Gasteiger charge is 2.06. The monoisotopic (exact) mass is 465 g/mol. The average molecular weight is 465 g/mol. The van der Waals surface area contributed by atoms with Crippen molar-refractivity contribution >= 4 is 35.9 Å². The third-order valence-electron chi connectivity index (χ3n) is 3.29. The second kappa shape index (κ2) is 13.7. The number of carbonyl (C=O) groups is 1. The zero-order valence-corrected chi connectivity index (χ0v) is 17.6. The van der Waals surface area contributed by atoms with E-state index < -0.39 is 0 Å². The fourth-order valence-corrected chi connectivity index (χ4v) is 1.96. The Kier molecular flexibility index (Phi) is 12.9. The lowest BCUT2D eigenvalue weighted by Crippen LogP contribution is -2.38. The van der Waals surface area contributed by atoms with Crippen molar-refractivity contribution in [2.45, 2.75) is 19.9 Å². The minimum absolute atomic E-state index is 0. The summed E-state index contributed by atoms with van der Waals surface area (Å²) in [4.78, 5) is 15.2. The van der Waals surface area contributed by atoms with E-state index in [0.29, 0.717) is 32.3 Å². The largest absolute Gasteiger partial charge is 0.491 e. The number of benzene rings is 1. The average Bonchev–Trinajstić information content (AvgIpc) is 2.59. The molecule has 25 heavy (non-hydrogen) atoms. The van der Waals surface area contributed by atoms with Gasteiger partial charge in [-0.1, -0.05) is 12.1 Å². The van der Waals surface area contributed by atoms with Crippen LogP contribution >= 0.6 is 24.0 Å². The van der Waals surface area contributed by atoms with E-state index in [1.165, 1.54) is 7.11 Å². The molecule has 1 rings (SSSR count). The summed E-state index contributed by atoms with van der Waals surface area (Å²) in [6, 6.07) is 6.06. The fraction of sp³-hybridized carbons (Fsp3) is 0.529. The van der Waals surface area contributed by atoms with Crippen LogP contribution in [0, 0.1) is 6.92 Å². The number of nitrogens with zero attached hydrogens (tertiary/aromatic N) is 1. The Bertz CT molecular complexity index is 553. The van der Waals surface area contributed by atoms with Gasteiger partial charge in [0, 0.05) is 32.8 Å². The Labute approximate surface area is 166 Å². The van der Waals surface area contributed by atoms with Crippen molar-refractivity contribution in [1.82, 2.24) is 10.6 Å². The number of rotatable bonds is 9. The molecule has 142 valence electrons. The van der Waals surface area contributed by atoms with E-state index >= 15 is 0 Å². The fourth-order valence-electron chi connectivity index (χ4n) is 1.96. The molecule has 0 heterocycles. The van der Waals surface area contributed by atoms with Crippen LogP contribution in [0.4, 0.5) is 0 Å². The van der Waals surface area contributed by atoms with Crippen molar-refractivity contribution in [1.29, 1.82) is 0 Å². The standard InChI is InChI=1S/C17H27N3O4.HI/c1-13-5-6-14(15(11-13)24-10-9-22-3)12-20-17(18-2)19-8-7-16(21)23-4;/h5-6,11H,7-10,12H2,1-4H3,(H2,18,19,20);1H. The number of aryl methyl sites for hydroxylation is 1. The topological polar surface area (TPSA) is 81.2 Å². The van der Waals surface area contributed by atoms with Crippen LogP contribution in [-0.2, 0) is 20.8 Å². The van der Waals surface area contributed by atoms with E-state index in [1.54, 1.807) is 14.2 Å². The number of aliphatic imine (C=N–C) groups is 1. The third kappa shape index (κ3) is 9.49. The van der Waals surface area contributed by atoms with Crippen LogP contribution in [0.15, 0.2) is 23.2 Å². The van der Waals surface area contributed by atoms with Gasteiger partial charge in [-0.25, -0.2) is 0 Å². The van der Waals surface area contributed by atoms with Gasteiger partial charge in [0.15, 0.2) is 5.96 Å². The first kappa shape index (κ1) is 23.4. The number of hydrogen-bond donors (Lipinski definition) is 2. The molecule has 0 bridgehead atoms. The van der Waals surface area contributed by atoms with Crippen LogP contribution in [0.2, 0.25) is 0 Å². The molecule has 0 spiro atoms. The van der Waals surface area contributed by atoms with Gasteiger partial charge in [-0.15, -0.1) is 24.0 Å². The first-order chi connectivity index (χ1) is 11.6. The Hall–Kier alpha value is -1.55. The van der Waals surface area contributed by atoms with Gasteiger partial charge in [0.1, 0.15) is 12.4 Å². The number of carbonyl (C=O) groups excluding carboxylic acids is 1. The lowest BCUT2D eigenvalue weighted by molar-refractivity contribution is -0.140. The highest BCUT2D eigenvalue weighted by atomic mass is 127. The number of nitrogens with one attached hydrogen (secondary N) is 2. The van der Waals surface area contributed by atoms with Crippen molar-refractivity contribution in [3.05, 3.63) is 29.3 Å². The van der Waals surface area contributed by atoms with Crippen LogP contribution < -0.4 is 15.4 Å². The van der Waals surface area contributed by atoms with Crippen LogP contribution in [0.1, 0.15) is 17.5 Å². The highest BCUT2D eigenvalue weighted by Crippen LogP contribution is 2.20. The summed E-state index contributed by atoms with van der Waals surface area (Å²) in [5, 5.41) is 6.27. The van der Waals surface area contributed by atoms with Gasteiger partial charge in [0.05, 0.1) is 20.1 Å². The van der Waals surface area contributed by atoms with Crippen molar-refractivity contribution in [3.8, 4) is 5.75 Å². The van der Waals surface area contributed by atoms with Gasteiger partial charge in [-0.3, -0.25) is 9.79 Å². The smallest absolute Gasteiger partial charge is 0.307 e. The molecule has 0 saturated carbocycles. The van der Waals surface area contributed by atoms with E-state index in [0.717, 1.165) is 16.9 Å². The molecule has 2 N–H and O–H groups in total. The number of hydrogen-bond acceptors (Lipinski definition) is 5. The summed E-state index contributed by atoms with van der Waals surface area (Å²) in [6.07, 6.45) is 0.285. The van der Waals surface area contributed by atoms with E-state index in [2.05, 4.69) is 20.4 Å². The SMILES string of the molecule is CN=C(NCCC(=O)OC)NCc1ccc(C)cc1OCCOC.I. The van der Waals surface area contributed by atoms with E-state index in [1.807, 2.05) is 25.1 Å². The minimum Gasteiger partial charge on any atom is -0.491 e. The second-order valence-electron chi connectivity index (χ2n) is 5.13. The van der Waals surface area contributed by atoms with Crippen LogP contribution in [0.3, 0.4) is 0 Å². The van der Waals surface area contributed by atoms with Gasteiger partial charge >= 0.3 is 5.97 Å². The predicted molar refractivity (Wildman–Crippen MR) is 109 cm³/mol. The van der Waals surface area contributed by atoms with Gasteiger partial charge in [0.25, 0.3) is 0 Å². The normalized spacial score (nSPS) is 10.6. The Morgan fingerprint density at radius 3 is 2.60 bits per heavy atom. The number of esters is 1. The summed E-state index contributed by atoms with van der Waals surface area (Å²) in [5.41, 5.74) is 2.15. The van der Waals surface area contributed by atoms with Gasteiger partial charge in [-0.2, -0.15) is 0 Å². The molecule has 0 atom stereocenters. The van der Waals surface area contributed by atoms with Crippen LogP contribution in [0.25, 0.3) is 0 Å². The maximum atomic E-state index is 11.1. The lowest BCUT2D eigenvalue weighted by Gasteiger charge is -2.15. The van der Waals surface area contributed by atoms with Crippen molar-refractivity contribution in [2.75, 3.05) is 41.0 Å². The van der Waals surface area contributed by atoms with Crippen molar-refractivity contribution in [2.24, 2.45) is 4.99 Å². The Balaban J connectivity index is 0.00000576. The van der Waals surface area contributed by atoms with Crippen molar-refractivity contribution in [3.63, 3.8) is 0 Å². The van der Waals surface area contributed by atoms with Gasteiger partial charge in [0.2, 0.25) is 0 Å². The minimum atomic E-state index is -0.259. The number of guanidine groups is 1. The zero-order valence-electron chi connectivity index (χ0n) is 15.3. The van der Waals surface area contributed by atoms with E-state index in [4.69, 9.17) is 9.47 Å². The Morgan fingerprint density at radius 2 is 1.96 bits per heavy atom.